The van der Waals surface area contributed by atoms with E-state index in [1.807, 2.05) is 56.3 Å². The van der Waals surface area contributed by atoms with E-state index in [-0.39, 0.29) is 36.2 Å². The van der Waals surface area contributed by atoms with E-state index < -0.39 is 0 Å². The largest absolute Gasteiger partial charge is 0.489 e. The van der Waals surface area contributed by atoms with Crippen molar-refractivity contribution < 1.29 is 14.3 Å². The van der Waals surface area contributed by atoms with Crippen LogP contribution in [0.2, 0.25) is 0 Å². The number of nitrogens with two attached hydrogens (primary N) is 1. The number of hydrogen-bond donors (Lipinski definition) is 1. The summed E-state index contributed by atoms with van der Waals surface area (Å²) in [7, 11) is 0. The number of nitrogens with zero attached hydrogens (tertiary/aromatic N) is 2. The van der Waals surface area contributed by atoms with Crippen molar-refractivity contribution in [3.8, 4) is 5.75 Å². The van der Waals surface area contributed by atoms with Gasteiger partial charge < -0.3 is 20.3 Å². The van der Waals surface area contributed by atoms with Gasteiger partial charge in [0, 0.05) is 37.8 Å². The molecule has 2 amide bonds. The topological polar surface area (TPSA) is 75.9 Å². The van der Waals surface area contributed by atoms with Gasteiger partial charge >= 0.3 is 0 Å². The maximum absolute atomic E-state index is 12.8. The first-order chi connectivity index (χ1) is 14.0. The number of halogens is 1. The van der Waals surface area contributed by atoms with Crippen molar-refractivity contribution in [2.24, 2.45) is 11.7 Å². The molecule has 2 N–H and O–H groups in total. The van der Waals surface area contributed by atoms with Crippen LogP contribution in [0.4, 0.5) is 0 Å². The SMILES string of the molecule is CC(N)C(C)C(=O)N1CCN(C(=O)c2ccc(OCc3ccccc3)cc2)CC1.Cl. The predicted molar refractivity (Wildman–Crippen MR) is 120 cm³/mol. The lowest BCUT2D eigenvalue weighted by atomic mass is 10.0. The Kier molecular flexibility index (Phi) is 8.69. The fourth-order valence-electron chi connectivity index (χ4n) is 3.26. The zero-order valence-corrected chi connectivity index (χ0v) is 18.3. The molecule has 0 radical (unpaired) electrons. The maximum Gasteiger partial charge on any atom is 0.253 e. The number of amides is 2. The predicted octanol–water partition coefficient (Wildman–Crippen LogP) is 2.96. The van der Waals surface area contributed by atoms with Crippen LogP contribution < -0.4 is 10.5 Å². The van der Waals surface area contributed by atoms with Crippen molar-refractivity contribution >= 4 is 24.2 Å². The summed E-state index contributed by atoms with van der Waals surface area (Å²) in [6.07, 6.45) is 0. The van der Waals surface area contributed by atoms with E-state index in [4.69, 9.17) is 10.5 Å². The number of hydrogen-bond acceptors (Lipinski definition) is 4. The number of carbonyl (C=O) groups excluding carboxylic acids is 2. The molecule has 1 aliphatic heterocycles. The summed E-state index contributed by atoms with van der Waals surface area (Å²) in [5.74, 6) is 0.561. The molecule has 162 valence electrons. The van der Waals surface area contributed by atoms with Gasteiger partial charge in [-0.25, -0.2) is 0 Å². The van der Waals surface area contributed by atoms with Crippen LogP contribution in [0.5, 0.6) is 5.75 Å². The molecule has 6 nitrogen and oxygen atoms in total. The number of ether oxygens (including phenoxy) is 1. The molecule has 2 aromatic rings. The van der Waals surface area contributed by atoms with E-state index in [1.54, 1.807) is 21.9 Å². The normalized spacial score (nSPS) is 15.7. The van der Waals surface area contributed by atoms with Crippen LogP contribution >= 0.6 is 12.4 Å². The van der Waals surface area contributed by atoms with Gasteiger partial charge in [0.05, 0.1) is 5.92 Å². The Labute approximate surface area is 184 Å². The molecular weight excluding hydrogens is 402 g/mol. The van der Waals surface area contributed by atoms with E-state index >= 15 is 0 Å². The molecule has 1 aliphatic rings. The Morgan fingerprint density at radius 1 is 0.933 bits per heavy atom. The first-order valence-corrected chi connectivity index (χ1v) is 10.1. The van der Waals surface area contributed by atoms with E-state index in [1.165, 1.54) is 0 Å². The molecule has 0 aromatic heterocycles. The van der Waals surface area contributed by atoms with Crippen LogP contribution in [-0.4, -0.2) is 53.8 Å². The molecule has 0 spiro atoms. The van der Waals surface area contributed by atoms with Gasteiger partial charge in [-0.3, -0.25) is 9.59 Å². The van der Waals surface area contributed by atoms with Crippen LogP contribution in [-0.2, 0) is 11.4 Å². The summed E-state index contributed by atoms with van der Waals surface area (Å²) in [5.41, 5.74) is 7.56. The minimum atomic E-state index is -0.208. The van der Waals surface area contributed by atoms with Gasteiger partial charge in [-0.15, -0.1) is 12.4 Å². The fourth-order valence-corrected chi connectivity index (χ4v) is 3.26. The van der Waals surface area contributed by atoms with Crippen LogP contribution in [0.1, 0.15) is 29.8 Å². The van der Waals surface area contributed by atoms with Crippen molar-refractivity contribution in [2.45, 2.75) is 26.5 Å². The minimum Gasteiger partial charge on any atom is -0.489 e. The highest BCUT2D eigenvalue weighted by molar-refractivity contribution is 5.94. The third-order valence-corrected chi connectivity index (χ3v) is 5.41. The molecular formula is C23H30ClN3O3. The van der Waals surface area contributed by atoms with Crippen LogP contribution in [0.15, 0.2) is 54.6 Å². The fraction of sp³-hybridized carbons (Fsp3) is 0.391. The second-order valence-electron chi connectivity index (χ2n) is 7.56. The van der Waals surface area contributed by atoms with Gasteiger partial charge in [-0.2, -0.15) is 0 Å². The van der Waals surface area contributed by atoms with Crippen LogP contribution in [0.25, 0.3) is 0 Å². The lowest BCUT2D eigenvalue weighted by Gasteiger charge is -2.36. The van der Waals surface area contributed by atoms with E-state index in [9.17, 15) is 9.59 Å². The van der Waals surface area contributed by atoms with Crippen LogP contribution in [0, 0.1) is 5.92 Å². The quantitative estimate of drug-likeness (QED) is 0.762. The van der Waals surface area contributed by atoms with Gasteiger partial charge in [-0.05, 0) is 36.8 Å². The highest BCUT2D eigenvalue weighted by atomic mass is 35.5. The highest BCUT2D eigenvalue weighted by Crippen LogP contribution is 2.17. The van der Waals surface area contributed by atoms with Crippen LogP contribution in [0.3, 0.4) is 0 Å². The Morgan fingerprint density at radius 3 is 2.07 bits per heavy atom. The van der Waals surface area contributed by atoms with E-state index in [0.717, 1.165) is 11.3 Å². The minimum absolute atomic E-state index is 0. The molecule has 0 saturated carbocycles. The van der Waals surface area contributed by atoms with Gasteiger partial charge in [0.25, 0.3) is 5.91 Å². The van der Waals surface area contributed by atoms with Crippen molar-refractivity contribution in [1.82, 2.24) is 9.80 Å². The highest BCUT2D eigenvalue weighted by Gasteiger charge is 2.28. The Bertz CT molecular complexity index is 819. The average molecular weight is 432 g/mol. The summed E-state index contributed by atoms with van der Waals surface area (Å²) in [6.45, 7) is 6.33. The molecule has 2 atom stereocenters. The third-order valence-electron chi connectivity index (χ3n) is 5.41. The zero-order valence-electron chi connectivity index (χ0n) is 17.5. The van der Waals surface area contributed by atoms with Gasteiger partial charge in [-0.1, -0.05) is 37.3 Å². The number of rotatable bonds is 6. The molecule has 1 fully saturated rings. The van der Waals surface area contributed by atoms with Gasteiger partial charge in [0.2, 0.25) is 5.91 Å². The van der Waals surface area contributed by atoms with Crippen molar-refractivity contribution in [2.75, 3.05) is 26.2 Å². The zero-order chi connectivity index (χ0) is 20.8. The Morgan fingerprint density at radius 2 is 1.50 bits per heavy atom. The molecule has 30 heavy (non-hydrogen) atoms. The first kappa shape index (κ1) is 23.7. The molecule has 2 unspecified atom stereocenters. The van der Waals surface area contributed by atoms with Crippen molar-refractivity contribution in [3.05, 3.63) is 65.7 Å². The van der Waals surface area contributed by atoms with E-state index in [2.05, 4.69) is 0 Å². The summed E-state index contributed by atoms with van der Waals surface area (Å²) >= 11 is 0. The smallest absolute Gasteiger partial charge is 0.253 e. The monoisotopic (exact) mass is 431 g/mol. The molecule has 1 heterocycles. The Hall–Kier alpha value is -2.57. The average Bonchev–Trinajstić information content (AvgIpc) is 2.77. The maximum atomic E-state index is 12.8. The summed E-state index contributed by atoms with van der Waals surface area (Å²) < 4.78 is 5.78. The van der Waals surface area contributed by atoms with Crippen molar-refractivity contribution in [1.29, 1.82) is 0 Å². The molecule has 0 bridgehead atoms. The van der Waals surface area contributed by atoms with E-state index in [0.29, 0.717) is 38.3 Å². The first-order valence-electron chi connectivity index (χ1n) is 10.1. The van der Waals surface area contributed by atoms with Gasteiger partial charge in [0.1, 0.15) is 12.4 Å². The third kappa shape index (κ3) is 5.97. The lowest BCUT2D eigenvalue weighted by Crippen LogP contribution is -2.53. The molecule has 2 aromatic carbocycles. The lowest BCUT2D eigenvalue weighted by molar-refractivity contribution is -0.137. The molecule has 1 saturated heterocycles. The second-order valence-corrected chi connectivity index (χ2v) is 7.56. The molecule has 3 rings (SSSR count). The summed E-state index contributed by atoms with van der Waals surface area (Å²) in [5, 5.41) is 0. The Balaban J connectivity index is 0.00000320. The number of piperazine rings is 1. The second kappa shape index (κ2) is 11.0. The van der Waals surface area contributed by atoms with Gasteiger partial charge in [0.15, 0.2) is 0 Å². The van der Waals surface area contributed by atoms with Crippen molar-refractivity contribution in [3.63, 3.8) is 0 Å². The molecule has 7 heteroatoms. The standard InChI is InChI=1S/C23H29N3O3.ClH/c1-17(18(2)24)22(27)25-12-14-26(15-13-25)23(28)20-8-10-21(11-9-20)29-16-19-6-4-3-5-7-19;/h3-11,17-18H,12-16,24H2,1-2H3;1H. The summed E-state index contributed by atoms with van der Waals surface area (Å²) in [4.78, 5) is 28.8. The number of carbonyl (C=O) groups is 2. The molecule has 0 aliphatic carbocycles. The number of benzene rings is 2. The summed E-state index contributed by atoms with van der Waals surface area (Å²) in [6, 6.07) is 17.0.